The number of hydrogen-bond acceptors (Lipinski definition) is 5. The Labute approximate surface area is 138 Å². The topological polar surface area (TPSA) is 118 Å². The summed E-state index contributed by atoms with van der Waals surface area (Å²) >= 11 is 0. The van der Waals surface area contributed by atoms with Crippen molar-refractivity contribution < 1.29 is 30.7 Å². The molecule has 7 nitrogen and oxygen atoms in total. The van der Waals surface area contributed by atoms with Gasteiger partial charge in [-0.1, -0.05) is 0 Å². The van der Waals surface area contributed by atoms with E-state index >= 15 is 0 Å². The van der Waals surface area contributed by atoms with Gasteiger partial charge in [0.1, 0.15) is 0 Å². The molecule has 1 rings (SSSR count). The minimum atomic E-state index is -4.27. The molecule has 0 unspecified atom stereocenters. The van der Waals surface area contributed by atoms with Crippen LogP contribution < -0.4 is 0 Å². The second-order valence-corrected chi connectivity index (χ2v) is 6.35. The molecule has 1 heterocycles. The van der Waals surface area contributed by atoms with Gasteiger partial charge in [-0.15, -0.1) is 0 Å². The van der Waals surface area contributed by atoms with Gasteiger partial charge in [-0.3, -0.25) is 9.11 Å². The molecule has 0 spiro atoms. The summed E-state index contributed by atoms with van der Waals surface area (Å²) in [5, 5.41) is 0. The third-order valence-electron chi connectivity index (χ3n) is 1.79. The van der Waals surface area contributed by atoms with Crippen LogP contribution >= 0.6 is 0 Å². The van der Waals surface area contributed by atoms with Crippen molar-refractivity contribution in [1.29, 1.82) is 0 Å². The third-order valence-corrected chi connectivity index (χ3v) is 3.75. The summed E-state index contributed by atoms with van der Waals surface area (Å²) in [4.78, 5) is 0. The van der Waals surface area contributed by atoms with E-state index in [1.54, 1.807) is 0 Å². The van der Waals surface area contributed by atoms with E-state index in [1.165, 1.54) is 0 Å². The Morgan fingerprint density at radius 1 is 0.938 bits per heavy atom. The van der Waals surface area contributed by atoms with Gasteiger partial charge in [-0.2, -0.15) is 16.8 Å². The molecule has 0 bridgehead atoms. The van der Waals surface area contributed by atoms with Gasteiger partial charge in [0.15, 0.2) is 0 Å². The summed E-state index contributed by atoms with van der Waals surface area (Å²) in [7, 11) is -8.54. The monoisotopic (exact) mass is 292 g/mol. The molecular formula is C5H10Na2O7S2. The maximum atomic E-state index is 10.5. The van der Waals surface area contributed by atoms with Crippen LogP contribution in [0.4, 0.5) is 0 Å². The quantitative estimate of drug-likeness (QED) is 0.455. The zero-order valence-corrected chi connectivity index (χ0v) is 14.7. The first-order valence-electron chi connectivity index (χ1n) is 3.60. The van der Waals surface area contributed by atoms with Gasteiger partial charge < -0.3 is 4.74 Å². The average Bonchev–Trinajstić information content (AvgIpc) is 1.75. The molecule has 1 aliphatic heterocycles. The largest absolute Gasteiger partial charge is 0.380 e. The first-order valence-corrected chi connectivity index (χ1v) is 6.82. The third kappa shape index (κ3) is 7.27. The van der Waals surface area contributed by atoms with Crippen molar-refractivity contribution in [2.24, 2.45) is 5.41 Å². The fraction of sp³-hybridized carbons (Fsp3) is 1.00. The molecule has 16 heavy (non-hydrogen) atoms. The molecule has 2 N–H and O–H groups in total. The molecule has 0 aromatic carbocycles. The zero-order valence-electron chi connectivity index (χ0n) is 9.08. The molecule has 1 aliphatic rings. The average molecular weight is 292 g/mol. The van der Waals surface area contributed by atoms with E-state index in [4.69, 9.17) is 9.11 Å². The molecule has 11 heteroatoms. The Hall–Kier alpha value is 1.78. The van der Waals surface area contributed by atoms with E-state index < -0.39 is 37.2 Å². The van der Waals surface area contributed by atoms with Gasteiger partial charge >= 0.3 is 0 Å². The summed E-state index contributed by atoms with van der Waals surface area (Å²) in [6.07, 6.45) is 0. The van der Waals surface area contributed by atoms with E-state index in [9.17, 15) is 16.8 Å². The molecule has 0 atom stereocenters. The Balaban J connectivity index is 0. The number of hydrogen-bond donors (Lipinski definition) is 2. The van der Waals surface area contributed by atoms with Crippen LogP contribution in [0, 0.1) is 5.41 Å². The van der Waals surface area contributed by atoms with Crippen LogP contribution in [0.3, 0.4) is 0 Å². The molecule has 0 aromatic rings. The molecule has 0 saturated carbocycles. The van der Waals surface area contributed by atoms with Gasteiger partial charge in [-0.25, -0.2) is 0 Å². The molecule has 1 saturated heterocycles. The molecular weight excluding hydrogens is 282 g/mol. The van der Waals surface area contributed by atoms with Gasteiger partial charge in [0.25, 0.3) is 20.2 Å². The van der Waals surface area contributed by atoms with Crippen LogP contribution in [0.2, 0.25) is 0 Å². The van der Waals surface area contributed by atoms with Gasteiger partial charge in [0.05, 0.1) is 24.7 Å². The van der Waals surface area contributed by atoms with Crippen molar-refractivity contribution in [2.45, 2.75) is 0 Å². The van der Waals surface area contributed by atoms with E-state index in [-0.39, 0.29) is 72.3 Å². The normalized spacial score (nSPS) is 18.9. The Morgan fingerprint density at radius 3 is 1.38 bits per heavy atom. The standard InChI is InChI=1S/C5H10O7S2.2Na/c6-13(7,8)3-5(1-12-2-5)4-14(9,10)11;;/h1-4H2,(H,6,7,8)(H,9,10,11);;. The summed E-state index contributed by atoms with van der Waals surface area (Å²) < 4.78 is 64.0. The summed E-state index contributed by atoms with van der Waals surface area (Å²) in [6.45, 7) is -0.209. The SMILES string of the molecule is O=S(=O)(O)CC1(CS(=O)(=O)O)COC1.[Na].[Na]. The molecule has 0 aliphatic carbocycles. The minimum absolute atomic E-state index is 0. The van der Waals surface area contributed by atoms with Gasteiger partial charge in [-0.05, 0) is 0 Å². The van der Waals surface area contributed by atoms with Crippen LogP contribution in [0.15, 0.2) is 0 Å². The van der Waals surface area contributed by atoms with Crippen LogP contribution in [-0.4, -0.2) is 110 Å². The van der Waals surface area contributed by atoms with Crippen molar-refractivity contribution in [1.82, 2.24) is 0 Å². The Morgan fingerprint density at radius 2 is 1.25 bits per heavy atom. The maximum Gasteiger partial charge on any atom is 0.265 e. The van der Waals surface area contributed by atoms with Crippen molar-refractivity contribution >= 4 is 79.4 Å². The Kier molecular flexibility index (Phi) is 8.55. The van der Waals surface area contributed by atoms with Gasteiger partial charge in [0.2, 0.25) is 0 Å². The Bertz CT molecular complexity index is 374. The maximum absolute atomic E-state index is 10.5. The van der Waals surface area contributed by atoms with Crippen LogP contribution in [0.5, 0.6) is 0 Å². The van der Waals surface area contributed by atoms with Crippen LogP contribution in [0.1, 0.15) is 0 Å². The van der Waals surface area contributed by atoms with Crippen molar-refractivity contribution in [3.8, 4) is 0 Å². The predicted octanol–water partition coefficient (Wildman–Crippen LogP) is -1.98. The first kappa shape index (κ1) is 20.1. The van der Waals surface area contributed by atoms with Crippen molar-refractivity contribution in [3.63, 3.8) is 0 Å². The van der Waals surface area contributed by atoms with E-state index in [0.29, 0.717) is 0 Å². The molecule has 1 fully saturated rings. The minimum Gasteiger partial charge on any atom is -0.380 e. The summed E-state index contributed by atoms with van der Waals surface area (Å²) in [5.74, 6) is -1.44. The number of ether oxygens (including phenoxy) is 1. The first-order chi connectivity index (χ1) is 6.12. The smallest absolute Gasteiger partial charge is 0.265 e. The molecule has 2 radical (unpaired) electrons. The zero-order chi connectivity index (χ0) is 11.0. The summed E-state index contributed by atoms with van der Waals surface area (Å²) in [6, 6.07) is 0. The predicted molar refractivity (Wildman–Crippen MR) is 57.6 cm³/mol. The van der Waals surface area contributed by atoms with E-state index in [1.807, 2.05) is 0 Å². The van der Waals surface area contributed by atoms with Crippen molar-refractivity contribution in [2.75, 3.05) is 24.7 Å². The summed E-state index contributed by atoms with van der Waals surface area (Å²) in [5.41, 5.74) is -1.21. The van der Waals surface area contributed by atoms with E-state index in [0.717, 1.165) is 0 Å². The van der Waals surface area contributed by atoms with E-state index in [2.05, 4.69) is 4.74 Å². The molecule has 0 amide bonds. The van der Waals surface area contributed by atoms with Crippen LogP contribution in [-0.2, 0) is 25.0 Å². The van der Waals surface area contributed by atoms with Crippen LogP contribution in [0.25, 0.3) is 0 Å². The molecule has 0 aromatic heterocycles. The number of rotatable bonds is 4. The molecule has 86 valence electrons. The fourth-order valence-corrected chi connectivity index (χ4v) is 3.59. The second-order valence-electron chi connectivity index (χ2n) is 3.45. The fourth-order valence-electron chi connectivity index (χ4n) is 1.37. The van der Waals surface area contributed by atoms with Crippen molar-refractivity contribution in [3.05, 3.63) is 0 Å². The second kappa shape index (κ2) is 6.80. The van der Waals surface area contributed by atoms with Gasteiger partial charge in [0, 0.05) is 64.5 Å².